The van der Waals surface area contributed by atoms with Crippen molar-refractivity contribution in [2.24, 2.45) is 0 Å². The summed E-state index contributed by atoms with van der Waals surface area (Å²) in [5.74, 6) is -0.160. The Kier molecular flexibility index (Phi) is 8.73. The van der Waals surface area contributed by atoms with Gasteiger partial charge in [0.25, 0.3) is 17.6 Å². The van der Waals surface area contributed by atoms with E-state index in [1.54, 1.807) is 12.1 Å². The maximum Gasteiger partial charge on any atom is 0.292 e. The summed E-state index contributed by atoms with van der Waals surface area (Å²) in [6.07, 6.45) is 1.04. The third-order valence-electron chi connectivity index (χ3n) is 6.67. The van der Waals surface area contributed by atoms with Crippen molar-refractivity contribution in [3.8, 4) is 11.1 Å². The molecule has 0 bridgehead atoms. The number of rotatable bonds is 11. The van der Waals surface area contributed by atoms with Gasteiger partial charge in [-0.15, -0.1) is 0 Å². The van der Waals surface area contributed by atoms with Crippen LogP contribution in [0.3, 0.4) is 0 Å². The van der Waals surface area contributed by atoms with E-state index in [0.717, 1.165) is 17.5 Å². The molecule has 5 aromatic rings. The molecule has 1 aromatic heterocycles. The normalized spacial score (nSPS) is 10.8. The van der Waals surface area contributed by atoms with E-state index in [0.29, 0.717) is 25.1 Å². The fourth-order valence-corrected chi connectivity index (χ4v) is 4.58. The summed E-state index contributed by atoms with van der Waals surface area (Å²) < 4.78 is 5.23. The largest absolute Gasteiger partial charge is 0.352 e. The number of hydrogen-bond donors (Lipinski definition) is 2. The Morgan fingerprint density at radius 1 is 0.650 bits per heavy atom. The van der Waals surface area contributed by atoms with E-state index < -0.39 is 5.91 Å². The average molecular weight is 531 g/mol. The lowest BCUT2D eigenvalue weighted by Crippen LogP contribution is -2.27. The zero-order chi connectivity index (χ0) is 27.6. The van der Waals surface area contributed by atoms with Gasteiger partial charge in [-0.05, 0) is 40.8 Å². The minimum Gasteiger partial charge on any atom is -0.352 e. The summed E-state index contributed by atoms with van der Waals surface area (Å²) in [7, 11) is 0. The van der Waals surface area contributed by atoms with E-state index >= 15 is 0 Å². The first-order valence-corrected chi connectivity index (χ1v) is 13.3. The Morgan fingerprint density at radius 3 is 1.82 bits per heavy atom. The number of benzene rings is 4. The van der Waals surface area contributed by atoms with Gasteiger partial charge in [0, 0.05) is 31.0 Å². The third kappa shape index (κ3) is 6.88. The number of carbonyl (C=O) groups is 2. The van der Waals surface area contributed by atoms with Crippen molar-refractivity contribution < 1.29 is 14.1 Å². The second kappa shape index (κ2) is 13.2. The summed E-state index contributed by atoms with van der Waals surface area (Å²) in [4.78, 5) is 29.4. The molecule has 2 N–H and O–H groups in total. The van der Waals surface area contributed by atoms with Gasteiger partial charge in [0.2, 0.25) is 5.89 Å². The van der Waals surface area contributed by atoms with E-state index in [-0.39, 0.29) is 23.5 Å². The number of aromatic nitrogens is 2. The molecule has 7 heteroatoms. The van der Waals surface area contributed by atoms with Crippen LogP contribution < -0.4 is 10.6 Å². The van der Waals surface area contributed by atoms with E-state index in [1.807, 2.05) is 78.9 Å². The molecule has 40 heavy (non-hydrogen) atoms. The van der Waals surface area contributed by atoms with E-state index in [9.17, 15) is 9.59 Å². The minimum absolute atomic E-state index is 0.0196. The van der Waals surface area contributed by atoms with Crippen molar-refractivity contribution in [3.05, 3.63) is 144 Å². The quantitative estimate of drug-likeness (QED) is 0.230. The summed E-state index contributed by atoms with van der Waals surface area (Å²) in [6, 6.07) is 37.9. The number of amides is 2. The highest BCUT2D eigenvalue weighted by atomic mass is 16.5. The van der Waals surface area contributed by atoms with E-state index in [4.69, 9.17) is 4.52 Å². The molecule has 0 radical (unpaired) electrons. The summed E-state index contributed by atoms with van der Waals surface area (Å²) in [6.45, 7) is 0.759. The molecule has 0 atom stereocenters. The second-order valence-electron chi connectivity index (χ2n) is 9.38. The van der Waals surface area contributed by atoms with Crippen LogP contribution in [0.15, 0.2) is 120 Å². The molecule has 0 aliphatic rings. The molecule has 0 fully saturated rings. The molecule has 0 aliphatic heterocycles. The molecule has 1 heterocycles. The van der Waals surface area contributed by atoms with E-state index in [1.165, 1.54) is 11.1 Å². The van der Waals surface area contributed by atoms with Crippen molar-refractivity contribution in [2.45, 2.75) is 18.8 Å². The van der Waals surface area contributed by atoms with Crippen molar-refractivity contribution in [3.63, 3.8) is 0 Å². The van der Waals surface area contributed by atoms with Gasteiger partial charge in [0.05, 0.1) is 0 Å². The van der Waals surface area contributed by atoms with Crippen LogP contribution in [0.1, 0.15) is 50.3 Å². The Hall–Kier alpha value is -5.04. The van der Waals surface area contributed by atoms with Gasteiger partial charge in [0.1, 0.15) is 0 Å². The highest BCUT2D eigenvalue weighted by molar-refractivity contribution is 5.94. The molecule has 0 unspecified atom stereocenters. The summed E-state index contributed by atoms with van der Waals surface area (Å²) in [5.41, 5.74) is 5.09. The molecule has 0 saturated carbocycles. The van der Waals surface area contributed by atoms with Crippen LogP contribution in [-0.4, -0.2) is 35.0 Å². The predicted octanol–water partition coefficient (Wildman–Crippen LogP) is 5.66. The topological polar surface area (TPSA) is 97.1 Å². The molecule has 4 aromatic carbocycles. The first-order valence-electron chi connectivity index (χ1n) is 13.3. The predicted molar refractivity (Wildman–Crippen MR) is 154 cm³/mol. The second-order valence-corrected chi connectivity index (χ2v) is 9.38. The summed E-state index contributed by atoms with van der Waals surface area (Å²) in [5, 5.41) is 9.57. The lowest BCUT2D eigenvalue weighted by atomic mass is 9.88. The van der Waals surface area contributed by atoms with E-state index in [2.05, 4.69) is 45.0 Å². The van der Waals surface area contributed by atoms with Gasteiger partial charge in [-0.1, -0.05) is 108 Å². The molecule has 200 valence electrons. The SMILES string of the molecule is O=C(NCCc1nc(C(=O)NCCC(c2ccccc2)c2ccccc2)no1)c1ccc(-c2ccccc2)cc1. The molecule has 5 rings (SSSR count). The van der Waals surface area contributed by atoms with Crippen LogP contribution in [0.4, 0.5) is 0 Å². The van der Waals surface area contributed by atoms with Crippen molar-refractivity contribution >= 4 is 11.8 Å². The molecule has 0 saturated heterocycles. The van der Waals surface area contributed by atoms with Gasteiger partial charge in [-0.3, -0.25) is 9.59 Å². The maximum absolute atomic E-state index is 12.6. The van der Waals surface area contributed by atoms with Crippen molar-refractivity contribution in [1.82, 2.24) is 20.8 Å². The highest BCUT2D eigenvalue weighted by Crippen LogP contribution is 2.27. The smallest absolute Gasteiger partial charge is 0.292 e. The summed E-state index contributed by atoms with van der Waals surface area (Å²) >= 11 is 0. The maximum atomic E-state index is 12.6. The number of carbonyl (C=O) groups excluding carboxylic acids is 2. The van der Waals surface area contributed by atoms with Gasteiger partial charge in [-0.25, -0.2) is 0 Å². The van der Waals surface area contributed by atoms with Crippen LogP contribution in [0.5, 0.6) is 0 Å². The Bertz CT molecular complexity index is 1480. The molecular weight excluding hydrogens is 500 g/mol. The van der Waals surface area contributed by atoms with Crippen molar-refractivity contribution in [2.75, 3.05) is 13.1 Å². The Balaban J connectivity index is 1.09. The molecule has 0 aliphatic carbocycles. The molecule has 0 spiro atoms. The van der Waals surface area contributed by atoms with Crippen LogP contribution in [-0.2, 0) is 6.42 Å². The highest BCUT2D eigenvalue weighted by Gasteiger charge is 2.17. The van der Waals surface area contributed by atoms with Crippen molar-refractivity contribution in [1.29, 1.82) is 0 Å². The van der Waals surface area contributed by atoms with Crippen LogP contribution in [0, 0.1) is 0 Å². The van der Waals surface area contributed by atoms with Gasteiger partial charge in [0.15, 0.2) is 0 Å². The monoisotopic (exact) mass is 530 g/mol. The van der Waals surface area contributed by atoms with Gasteiger partial charge >= 0.3 is 0 Å². The molecule has 7 nitrogen and oxygen atoms in total. The lowest BCUT2D eigenvalue weighted by molar-refractivity contribution is 0.0936. The fraction of sp³-hybridized carbons (Fsp3) is 0.152. The van der Waals surface area contributed by atoms with Crippen LogP contribution >= 0.6 is 0 Å². The minimum atomic E-state index is -0.391. The number of hydrogen-bond acceptors (Lipinski definition) is 5. The fourth-order valence-electron chi connectivity index (χ4n) is 4.58. The average Bonchev–Trinajstić information content (AvgIpc) is 3.50. The first-order chi connectivity index (χ1) is 19.7. The van der Waals surface area contributed by atoms with Crippen LogP contribution in [0.25, 0.3) is 11.1 Å². The van der Waals surface area contributed by atoms with Gasteiger partial charge in [-0.2, -0.15) is 4.98 Å². The molecule has 2 amide bonds. The molecular formula is C33H30N4O3. The zero-order valence-electron chi connectivity index (χ0n) is 22.0. The Labute approximate surface area is 233 Å². The number of nitrogens with one attached hydrogen (secondary N) is 2. The first kappa shape index (κ1) is 26.6. The standard InChI is InChI=1S/C33H30N4O3/c38-32(28-18-16-25(17-19-28)24-10-4-1-5-11-24)34-23-21-30-36-31(37-40-30)33(39)35-22-20-29(26-12-6-2-7-13-26)27-14-8-3-9-15-27/h1-19,29H,20-23H2,(H,34,38)(H,35,39). The van der Waals surface area contributed by atoms with Crippen LogP contribution in [0.2, 0.25) is 0 Å². The third-order valence-corrected chi connectivity index (χ3v) is 6.67. The lowest BCUT2D eigenvalue weighted by Gasteiger charge is -2.18. The van der Waals surface area contributed by atoms with Gasteiger partial charge < -0.3 is 15.2 Å². The zero-order valence-corrected chi connectivity index (χ0v) is 22.0. The number of nitrogens with zero attached hydrogens (tertiary/aromatic N) is 2. The Morgan fingerprint density at radius 2 is 1.20 bits per heavy atom.